The number of amides is 1. The maximum atomic E-state index is 13.3. The number of hydrogen-bond acceptors (Lipinski definition) is 4. The van der Waals surface area contributed by atoms with Crippen molar-refractivity contribution in [2.75, 3.05) is 24.5 Å². The molecule has 1 aromatic carbocycles. The summed E-state index contributed by atoms with van der Waals surface area (Å²) in [4.78, 5) is 15.2. The minimum Gasteiger partial charge on any atom is -0.487 e. The molecule has 1 unspecified atom stereocenters. The number of anilines is 1. The Balaban J connectivity index is 1.63. The summed E-state index contributed by atoms with van der Waals surface area (Å²) >= 11 is 0. The molecule has 2 aliphatic heterocycles. The van der Waals surface area contributed by atoms with Crippen molar-refractivity contribution < 1.29 is 9.53 Å². The number of rotatable bonds is 2. The zero-order valence-corrected chi connectivity index (χ0v) is 14.0. The third kappa shape index (κ3) is 2.57. The number of ether oxygens (including phenoxy) is 1. The summed E-state index contributed by atoms with van der Waals surface area (Å²) in [6, 6.07) is 7.77. The second-order valence-electron chi connectivity index (χ2n) is 6.66. The molecule has 2 aliphatic rings. The third-order valence-corrected chi connectivity index (χ3v) is 4.87. The number of hydrogen-bond donors (Lipinski definition) is 1. The molecule has 0 bridgehead atoms. The van der Waals surface area contributed by atoms with Gasteiger partial charge in [0.25, 0.3) is 0 Å². The quantitative estimate of drug-likeness (QED) is 0.909. The molecule has 1 amide bonds. The van der Waals surface area contributed by atoms with Crippen LogP contribution in [0.1, 0.15) is 18.4 Å². The highest BCUT2D eigenvalue weighted by molar-refractivity contribution is 5.97. The first-order valence-corrected chi connectivity index (χ1v) is 8.40. The lowest BCUT2D eigenvalue weighted by Crippen LogP contribution is -2.46. The van der Waals surface area contributed by atoms with Crippen molar-refractivity contribution in [3.05, 3.63) is 42.2 Å². The van der Waals surface area contributed by atoms with Crippen LogP contribution in [0.4, 0.5) is 5.69 Å². The monoisotopic (exact) mass is 326 g/mol. The molecule has 3 heterocycles. The van der Waals surface area contributed by atoms with Crippen molar-refractivity contribution >= 4 is 11.6 Å². The van der Waals surface area contributed by atoms with E-state index in [1.807, 2.05) is 55.5 Å². The number of aromatic nitrogens is 2. The molecule has 6 nitrogen and oxygen atoms in total. The van der Waals surface area contributed by atoms with Gasteiger partial charge in [-0.15, -0.1) is 0 Å². The van der Waals surface area contributed by atoms with Gasteiger partial charge in [0, 0.05) is 32.3 Å². The molecule has 1 fully saturated rings. The van der Waals surface area contributed by atoms with Crippen molar-refractivity contribution in [2.45, 2.75) is 18.9 Å². The highest BCUT2D eigenvalue weighted by atomic mass is 16.5. The lowest BCUT2D eigenvalue weighted by atomic mass is 9.89. The smallest absolute Gasteiger partial charge is 0.232 e. The minimum absolute atomic E-state index is 0.00458. The Hall–Kier alpha value is -2.34. The van der Waals surface area contributed by atoms with Gasteiger partial charge in [0.1, 0.15) is 11.9 Å². The minimum atomic E-state index is -0.0763. The third-order valence-electron chi connectivity index (χ3n) is 4.87. The molecule has 126 valence electrons. The number of aryl methyl sites for hydroxylation is 1. The summed E-state index contributed by atoms with van der Waals surface area (Å²) < 4.78 is 7.66. The van der Waals surface area contributed by atoms with Crippen LogP contribution in [-0.2, 0) is 11.8 Å². The van der Waals surface area contributed by atoms with Gasteiger partial charge in [0.15, 0.2) is 0 Å². The molecule has 3 atom stereocenters. The second-order valence-corrected chi connectivity index (χ2v) is 6.66. The van der Waals surface area contributed by atoms with Crippen LogP contribution in [0.15, 0.2) is 36.7 Å². The normalized spacial score (nSPS) is 26.1. The molecule has 0 saturated carbocycles. The van der Waals surface area contributed by atoms with Crippen molar-refractivity contribution in [1.29, 1.82) is 0 Å². The van der Waals surface area contributed by atoms with E-state index in [2.05, 4.69) is 10.4 Å². The average Bonchev–Trinajstić information content (AvgIpc) is 3.21. The van der Waals surface area contributed by atoms with E-state index in [1.54, 1.807) is 4.68 Å². The molecular formula is C18H22N4O2. The van der Waals surface area contributed by atoms with Gasteiger partial charge in [-0.2, -0.15) is 5.10 Å². The summed E-state index contributed by atoms with van der Waals surface area (Å²) in [6.45, 7) is 4.10. The van der Waals surface area contributed by atoms with Crippen molar-refractivity contribution in [3.63, 3.8) is 0 Å². The summed E-state index contributed by atoms with van der Waals surface area (Å²) in [5.41, 5.74) is 1.99. The number of fused-ring (bicyclic) bond motifs is 1. The van der Waals surface area contributed by atoms with E-state index in [9.17, 15) is 4.79 Å². The Morgan fingerprint density at radius 2 is 2.17 bits per heavy atom. The van der Waals surface area contributed by atoms with Crippen LogP contribution < -0.4 is 15.0 Å². The molecule has 0 radical (unpaired) electrons. The Morgan fingerprint density at radius 3 is 2.96 bits per heavy atom. The fraction of sp³-hybridized carbons (Fsp3) is 0.444. The lowest BCUT2D eigenvalue weighted by molar-refractivity contribution is -0.122. The second kappa shape index (κ2) is 5.94. The Morgan fingerprint density at radius 1 is 1.33 bits per heavy atom. The number of carbonyl (C=O) groups is 1. The van der Waals surface area contributed by atoms with E-state index in [4.69, 9.17) is 4.74 Å². The topological polar surface area (TPSA) is 59.4 Å². The molecule has 0 spiro atoms. The van der Waals surface area contributed by atoms with Gasteiger partial charge >= 0.3 is 0 Å². The van der Waals surface area contributed by atoms with E-state index in [-0.39, 0.29) is 23.8 Å². The molecule has 4 rings (SSSR count). The van der Waals surface area contributed by atoms with E-state index in [0.29, 0.717) is 13.1 Å². The predicted molar refractivity (Wildman–Crippen MR) is 91.2 cm³/mol. The van der Waals surface area contributed by atoms with Gasteiger partial charge in [-0.1, -0.05) is 12.1 Å². The van der Waals surface area contributed by atoms with Crippen LogP contribution in [-0.4, -0.2) is 41.4 Å². The van der Waals surface area contributed by atoms with E-state index in [1.165, 1.54) is 0 Å². The molecule has 0 aliphatic carbocycles. The first-order chi connectivity index (χ1) is 11.6. The highest BCUT2D eigenvalue weighted by Gasteiger charge is 2.39. The number of para-hydroxylation sites is 2. The lowest BCUT2D eigenvalue weighted by Gasteiger charge is -2.35. The fourth-order valence-electron chi connectivity index (χ4n) is 3.72. The van der Waals surface area contributed by atoms with E-state index in [0.717, 1.165) is 23.5 Å². The Kier molecular flexibility index (Phi) is 3.76. The SMILES string of the molecule is CC1CN(C(=O)[C@H]2CNC[C@@H]2c2cnn(C)c2)c2ccccc2O1. The predicted octanol–water partition coefficient (Wildman–Crippen LogP) is 1.54. The number of carbonyl (C=O) groups excluding carboxylic acids is 1. The van der Waals surface area contributed by atoms with Crippen LogP contribution in [0.5, 0.6) is 5.75 Å². The maximum absolute atomic E-state index is 13.3. The standard InChI is InChI=1S/C18H22N4O2/c1-12-10-22(16-5-3-4-6-17(16)24-12)18(23)15-9-19-8-14(15)13-7-20-21(2)11-13/h3-7,11-12,14-15,19H,8-10H2,1-2H3/t12?,14-,15+/m1/s1. The van der Waals surface area contributed by atoms with Gasteiger partial charge in [0.05, 0.1) is 24.3 Å². The summed E-state index contributed by atoms with van der Waals surface area (Å²) in [6.07, 6.45) is 3.87. The summed E-state index contributed by atoms with van der Waals surface area (Å²) in [7, 11) is 1.91. The highest BCUT2D eigenvalue weighted by Crippen LogP contribution is 2.36. The van der Waals surface area contributed by atoms with Crippen LogP contribution in [0, 0.1) is 5.92 Å². The molecule has 1 N–H and O–H groups in total. The first-order valence-electron chi connectivity index (χ1n) is 8.40. The van der Waals surface area contributed by atoms with Crippen LogP contribution in [0.2, 0.25) is 0 Å². The number of nitrogens with one attached hydrogen (secondary N) is 1. The summed E-state index contributed by atoms with van der Waals surface area (Å²) in [5, 5.41) is 7.63. The van der Waals surface area contributed by atoms with Crippen LogP contribution in [0.3, 0.4) is 0 Å². The molecule has 2 aromatic rings. The number of nitrogens with zero attached hydrogens (tertiary/aromatic N) is 3. The van der Waals surface area contributed by atoms with Gasteiger partial charge in [-0.05, 0) is 24.6 Å². The van der Waals surface area contributed by atoms with Gasteiger partial charge < -0.3 is 15.0 Å². The van der Waals surface area contributed by atoms with E-state index < -0.39 is 0 Å². The number of benzene rings is 1. The van der Waals surface area contributed by atoms with Crippen molar-refractivity contribution in [1.82, 2.24) is 15.1 Å². The maximum Gasteiger partial charge on any atom is 0.232 e. The molecular weight excluding hydrogens is 304 g/mol. The fourth-order valence-corrected chi connectivity index (χ4v) is 3.72. The Bertz CT molecular complexity index is 757. The van der Waals surface area contributed by atoms with Crippen molar-refractivity contribution in [3.8, 4) is 5.75 Å². The average molecular weight is 326 g/mol. The van der Waals surface area contributed by atoms with Crippen molar-refractivity contribution in [2.24, 2.45) is 13.0 Å². The largest absolute Gasteiger partial charge is 0.487 e. The molecule has 1 saturated heterocycles. The Labute approximate surface area is 141 Å². The van der Waals surface area contributed by atoms with Gasteiger partial charge in [-0.25, -0.2) is 0 Å². The molecule has 6 heteroatoms. The van der Waals surface area contributed by atoms with Gasteiger partial charge in [0.2, 0.25) is 5.91 Å². The van der Waals surface area contributed by atoms with E-state index >= 15 is 0 Å². The molecule has 24 heavy (non-hydrogen) atoms. The zero-order valence-electron chi connectivity index (χ0n) is 14.0. The molecule has 1 aromatic heterocycles. The summed E-state index contributed by atoms with van der Waals surface area (Å²) in [5.74, 6) is 1.04. The zero-order chi connectivity index (χ0) is 16.7. The first kappa shape index (κ1) is 15.2. The van der Waals surface area contributed by atoms with Crippen LogP contribution in [0.25, 0.3) is 0 Å². The van der Waals surface area contributed by atoms with Gasteiger partial charge in [-0.3, -0.25) is 9.48 Å². The van der Waals surface area contributed by atoms with Crippen LogP contribution >= 0.6 is 0 Å².